The molecular formula is C17H20N4O4S2. The molecule has 0 atom stereocenters. The van der Waals surface area contributed by atoms with Gasteiger partial charge in [-0.3, -0.25) is 4.79 Å². The fraction of sp³-hybridized carbons (Fsp3) is 0.353. The van der Waals surface area contributed by atoms with Gasteiger partial charge in [-0.05, 0) is 30.3 Å². The van der Waals surface area contributed by atoms with Gasteiger partial charge in [-0.15, -0.1) is 0 Å². The van der Waals surface area contributed by atoms with Gasteiger partial charge in [0.15, 0.2) is 5.16 Å². The number of thioether (sulfide) groups is 1. The molecule has 10 heteroatoms. The van der Waals surface area contributed by atoms with Crippen LogP contribution in [0.15, 0.2) is 52.8 Å². The van der Waals surface area contributed by atoms with Gasteiger partial charge in [0.05, 0.1) is 17.8 Å². The molecule has 1 amide bonds. The molecule has 8 nitrogen and oxygen atoms in total. The first-order valence-corrected chi connectivity index (χ1v) is 10.7. The van der Waals surface area contributed by atoms with Crippen LogP contribution in [-0.4, -0.2) is 72.5 Å². The van der Waals surface area contributed by atoms with E-state index in [0.29, 0.717) is 24.0 Å². The van der Waals surface area contributed by atoms with Crippen molar-refractivity contribution in [1.29, 1.82) is 0 Å². The van der Waals surface area contributed by atoms with Gasteiger partial charge in [-0.2, -0.15) is 4.31 Å². The summed E-state index contributed by atoms with van der Waals surface area (Å²) in [4.78, 5) is 22.4. The minimum absolute atomic E-state index is 0.0473. The molecule has 0 saturated carbocycles. The Hall–Kier alpha value is -2.17. The highest BCUT2D eigenvalue weighted by molar-refractivity contribution is 7.99. The summed E-state index contributed by atoms with van der Waals surface area (Å²) in [5, 5.41) is 0.548. The topological polar surface area (TPSA) is 92.7 Å². The molecule has 3 rings (SSSR count). The van der Waals surface area contributed by atoms with E-state index in [0.717, 1.165) is 0 Å². The first kappa shape index (κ1) is 19.6. The van der Waals surface area contributed by atoms with Crippen molar-refractivity contribution in [3.05, 3.63) is 42.7 Å². The first-order valence-electron chi connectivity index (χ1n) is 8.32. The molecule has 1 aliphatic rings. The summed E-state index contributed by atoms with van der Waals surface area (Å²) in [6.07, 6.45) is 3.26. The van der Waals surface area contributed by atoms with E-state index in [1.807, 2.05) is 0 Å². The van der Waals surface area contributed by atoms with Gasteiger partial charge in [0.2, 0.25) is 15.9 Å². The average molecular weight is 409 g/mol. The molecule has 1 fully saturated rings. The Bertz CT molecular complexity index is 868. The van der Waals surface area contributed by atoms with Crippen LogP contribution in [0.25, 0.3) is 0 Å². The Kier molecular flexibility index (Phi) is 6.30. The zero-order valence-corrected chi connectivity index (χ0v) is 16.4. The molecule has 0 aliphatic carbocycles. The number of rotatable bonds is 6. The number of methoxy groups -OCH3 is 1. The molecule has 0 spiro atoms. The van der Waals surface area contributed by atoms with Crippen LogP contribution in [0, 0.1) is 0 Å². The molecule has 0 unspecified atom stereocenters. The predicted molar refractivity (Wildman–Crippen MR) is 101 cm³/mol. The van der Waals surface area contributed by atoms with Gasteiger partial charge in [0, 0.05) is 38.6 Å². The highest BCUT2D eigenvalue weighted by Crippen LogP contribution is 2.21. The van der Waals surface area contributed by atoms with Crippen molar-refractivity contribution < 1.29 is 17.9 Å². The predicted octanol–water partition coefficient (Wildman–Crippen LogP) is 1.11. The molecule has 0 N–H and O–H groups in total. The van der Waals surface area contributed by atoms with E-state index in [1.54, 1.807) is 35.5 Å². The highest BCUT2D eigenvalue weighted by atomic mass is 32.2. The number of aromatic nitrogens is 2. The van der Waals surface area contributed by atoms with E-state index in [-0.39, 0.29) is 29.6 Å². The van der Waals surface area contributed by atoms with Crippen molar-refractivity contribution in [2.75, 3.05) is 39.0 Å². The van der Waals surface area contributed by atoms with Crippen LogP contribution in [-0.2, 0) is 14.8 Å². The minimum atomic E-state index is -3.58. The molecule has 2 heterocycles. The Morgan fingerprint density at radius 3 is 2.33 bits per heavy atom. The normalized spacial score (nSPS) is 15.5. The Morgan fingerprint density at radius 2 is 1.74 bits per heavy atom. The summed E-state index contributed by atoms with van der Waals surface area (Å²) in [5.41, 5.74) is 0. The zero-order valence-electron chi connectivity index (χ0n) is 14.8. The maximum Gasteiger partial charge on any atom is 0.243 e. The van der Waals surface area contributed by atoms with Crippen LogP contribution >= 0.6 is 11.8 Å². The lowest BCUT2D eigenvalue weighted by molar-refractivity contribution is -0.129. The smallest absolute Gasteiger partial charge is 0.243 e. The van der Waals surface area contributed by atoms with Crippen molar-refractivity contribution in [3.8, 4) is 5.75 Å². The zero-order chi connectivity index (χ0) is 19.3. The molecule has 2 aromatic rings. The quantitative estimate of drug-likeness (QED) is 0.522. The number of hydrogen-bond donors (Lipinski definition) is 0. The number of hydrogen-bond acceptors (Lipinski definition) is 7. The summed E-state index contributed by atoms with van der Waals surface area (Å²) >= 11 is 1.27. The number of piperazine rings is 1. The van der Waals surface area contributed by atoms with E-state index in [1.165, 1.54) is 35.3 Å². The summed E-state index contributed by atoms with van der Waals surface area (Å²) < 4.78 is 31.9. The van der Waals surface area contributed by atoms with Crippen LogP contribution in [0.4, 0.5) is 0 Å². The number of amides is 1. The van der Waals surface area contributed by atoms with Crippen LogP contribution in [0.3, 0.4) is 0 Å². The highest BCUT2D eigenvalue weighted by Gasteiger charge is 2.30. The van der Waals surface area contributed by atoms with Crippen molar-refractivity contribution in [2.45, 2.75) is 10.1 Å². The molecule has 27 heavy (non-hydrogen) atoms. The van der Waals surface area contributed by atoms with Gasteiger partial charge in [-0.1, -0.05) is 11.8 Å². The lowest BCUT2D eigenvalue weighted by Crippen LogP contribution is -2.50. The summed E-state index contributed by atoms with van der Waals surface area (Å²) in [5.74, 6) is 0.785. The SMILES string of the molecule is COc1ccc(S(=O)(=O)N2CCN(C(=O)CSc3ncccn3)CC2)cc1. The maximum absolute atomic E-state index is 12.7. The van der Waals surface area contributed by atoms with E-state index in [9.17, 15) is 13.2 Å². The van der Waals surface area contributed by atoms with Crippen molar-refractivity contribution in [1.82, 2.24) is 19.2 Å². The van der Waals surface area contributed by atoms with Crippen LogP contribution in [0.1, 0.15) is 0 Å². The Labute approximate surface area is 162 Å². The fourth-order valence-corrected chi connectivity index (χ4v) is 4.78. The number of sulfonamides is 1. The van der Waals surface area contributed by atoms with E-state index in [2.05, 4.69) is 9.97 Å². The standard InChI is InChI=1S/C17H20N4O4S2/c1-25-14-3-5-15(6-4-14)27(23,24)21-11-9-20(10-12-21)16(22)13-26-17-18-7-2-8-19-17/h2-8H,9-13H2,1H3. The number of carbonyl (C=O) groups excluding carboxylic acids is 1. The van der Waals surface area contributed by atoms with Crippen LogP contribution < -0.4 is 4.74 Å². The molecule has 1 saturated heterocycles. The second-order valence-electron chi connectivity index (χ2n) is 5.78. The molecule has 1 aliphatic heterocycles. The van der Waals surface area contributed by atoms with Crippen LogP contribution in [0.2, 0.25) is 0 Å². The monoisotopic (exact) mass is 408 g/mol. The molecule has 0 radical (unpaired) electrons. The van der Waals surface area contributed by atoms with Crippen LogP contribution in [0.5, 0.6) is 5.75 Å². The minimum Gasteiger partial charge on any atom is -0.497 e. The number of benzene rings is 1. The molecule has 1 aromatic heterocycles. The second kappa shape index (κ2) is 8.68. The lowest BCUT2D eigenvalue weighted by atomic mass is 10.3. The van der Waals surface area contributed by atoms with Gasteiger partial charge in [-0.25, -0.2) is 18.4 Å². The summed E-state index contributed by atoms with van der Waals surface area (Å²) in [7, 11) is -2.05. The van der Waals surface area contributed by atoms with Gasteiger partial charge in [0.1, 0.15) is 5.75 Å². The number of ether oxygens (including phenoxy) is 1. The van der Waals surface area contributed by atoms with E-state index >= 15 is 0 Å². The molecule has 144 valence electrons. The van der Waals surface area contributed by atoms with Gasteiger partial charge < -0.3 is 9.64 Å². The van der Waals surface area contributed by atoms with Gasteiger partial charge >= 0.3 is 0 Å². The van der Waals surface area contributed by atoms with Gasteiger partial charge in [0.25, 0.3) is 0 Å². The third-order valence-electron chi connectivity index (χ3n) is 4.16. The average Bonchev–Trinajstić information content (AvgIpc) is 2.73. The number of nitrogens with zero attached hydrogens (tertiary/aromatic N) is 4. The Balaban J connectivity index is 1.55. The third kappa shape index (κ3) is 4.76. The Morgan fingerprint density at radius 1 is 1.11 bits per heavy atom. The summed E-state index contributed by atoms with van der Waals surface area (Å²) in [6, 6.07) is 8.02. The van der Waals surface area contributed by atoms with Crippen molar-refractivity contribution in [3.63, 3.8) is 0 Å². The fourth-order valence-electron chi connectivity index (χ4n) is 2.65. The third-order valence-corrected chi connectivity index (χ3v) is 6.93. The maximum atomic E-state index is 12.7. The largest absolute Gasteiger partial charge is 0.497 e. The first-order chi connectivity index (χ1) is 13.0. The lowest BCUT2D eigenvalue weighted by Gasteiger charge is -2.34. The molecule has 0 bridgehead atoms. The second-order valence-corrected chi connectivity index (χ2v) is 8.66. The van der Waals surface area contributed by atoms with Crippen molar-refractivity contribution >= 4 is 27.7 Å². The van der Waals surface area contributed by atoms with E-state index < -0.39 is 10.0 Å². The molecular weight excluding hydrogens is 388 g/mol. The number of carbonyl (C=O) groups is 1. The molecule has 1 aromatic carbocycles. The summed E-state index contributed by atoms with van der Waals surface area (Å²) in [6.45, 7) is 1.27. The van der Waals surface area contributed by atoms with Crippen molar-refractivity contribution in [2.24, 2.45) is 0 Å². The van der Waals surface area contributed by atoms with E-state index in [4.69, 9.17) is 4.74 Å².